The first-order valence-corrected chi connectivity index (χ1v) is 5.73. The number of likely N-dealkylation sites (N-methyl/N-ethyl adjacent to an activating group) is 1. The van der Waals surface area contributed by atoms with Crippen LogP contribution in [0, 0.1) is 0 Å². The molecule has 1 atom stereocenters. The average Bonchev–Trinajstić information content (AvgIpc) is 2.26. The van der Waals surface area contributed by atoms with Gasteiger partial charge in [-0.15, -0.1) is 0 Å². The van der Waals surface area contributed by atoms with Gasteiger partial charge in [0.05, 0.1) is 18.8 Å². The van der Waals surface area contributed by atoms with E-state index in [0.717, 1.165) is 0 Å². The van der Waals surface area contributed by atoms with E-state index in [0.29, 0.717) is 11.7 Å². The van der Waals surface area contributed by atoms with Crippen LogP contribution in [0.2, 0.25) is 0 Å². The molecule has 1 rings (SSSR count). The van der Waals surface area contributed by atoms with Gasteiger partial charge in [0.1, 0.15) is 5.82 Å². The Morgan fingerprint density at radius 1 is 1.44 bits per heavy atom. The van der Waals surface area contributed by atoms with Crippen LogP contribution in [-0.4, -0.2) is 52.6 Å². The maximum absolute atomic E-state index is 9.38. The fourth-order valence-corrected chi connectivity index (χ4v) is 1.40. The molecule has 0 aromatic carbocycles. The minimum absolute atomic E-state index is 0.0134. The van der Waals surface area contributed by atoms with E-state index < -0.39 is 6.10 Å². The number of nitrogens with two attached hydrogens (primary N) is 1. The van der Waals surface area contributed by atoms with Crippen molar-refractivity contribution in [2.75, 3.05) is 30.8 Å². The molecular weight excluding hydrogens is 236 g/mol. The zero-order valence-electron chi connectivity index (χ0n) is 10.9. The number of rotatable bonds is 6. The van der Waals surface area contributed by atoms with E-state index in [1.807, 2.05) is 13.8 Å². The molecule has 1 aromatic heterocycles. The van der Waals surface area contributed by atoms with Crippen molar-refractivity contribution >= 4 is 11.8 Å². The number of ether oxygens (including phenoxy) is 1. The Balaban J connectivity index is 2.84. The number of nitrogens with zero attached hydrogens (tertiary/aromatic N) is 3. The molecule has 0 radical (unpaired) electrons. The lowest BCUT2D eigenvalue weighted by molar-refractivity contribution is 0.101. The predicted molar refractivity (Wildman–Crippen MR) is 68.6 cm³/mol. The quantitative estimate of drug-likeness (QED) is 0.638. The Kier molecular flexibility index (Phi) is 5.11. The van der Waals surface area contributed by atoms with Crippen molar-refractivity contribution in [3.8, 4) is 5.88 Å². The van der Waals surface area contributed by atoms with Crippen molar-refractivity contribution in [3.05, 3.63) is 6.07 Å². The molecule has 7 nitrogen and oxygen atoms in total. The van der Waals surface area contributed by atoms with Gasteiger partial charge < -0.3 is 25.6 Å². The number of aromatic nitrogens is 2. The van der Waals surface area contributed by atoms with E-state index in [9.17, 15) is 5.11 Å². The molecule has 1 unspecified atom stereocenters. The molecule has 4 N–H and O–H groups in total. The molecule has 0 amide bonds. The fourth-order valence-electron chi connectivity index (χ4n) is 1.40. The van der Waals surface area contributed by atoms with Gasteiger partial charge in [-0.25, -0.2) is 0 Å². The van der Waals surface area contributed by atoms with Crippen LogP contribution >= 0.6 is 0 Å². The van der Waals surface area contributed by atoms with Crippen LogP contribution in [0.4, 0.5) is 11.8 Å². The van der Waals surface area contributed by atoms with Crippen LogP contribution in [0.5, 0.6) is 5.88 Å². The van der Waals surface area contributed by atoms with Crippen molar-refractivity contribution in [2.45, 2.75) is 26.1 Å². The molecule has 1 heterocycles. The molecule has 0 aliphatic heterocycles. The number of hydrogen-bond donors (Lipinski definition) is 3. The summed E-state index contributed by atoms with van der Waals surface area (Å²) in [5.74, 6) is 1.02. The van der Waals surface area contributed by atoms with Crippen LogP contribution in [0.3, 0.4) is 0 Å². The molecule has 0 aliphatic rings. The van der Waals surface area contributed by atoms with Gasteiger partial charge in [0.25, 0.3) is 0 Å². The third kappa shape index (κ3) is 4.34. The highest BCUT2D eigenvalue weighted by molar-refractivity contribution is 5.44. The van der Waals surface area contributed by atoms with E-state index >= 15 is 0 Å². The molecule has 0 saturated heterocycles. The number of aliphatic hydroxyl groups is 2. The van der Waals surface area contributed by atoms with Gasteiger partial charge in [-0.05, 0) is 13.8 Å². The number of hydrogen-bond acceptors (Lipinski definition) is 7. The first kappa shape index (κ1) is 14.5. The Bertz CT molecular complexity index is 387. The Hall–Kier alpha value is -1.60. The van der Waals surface area contributed by atoms with Crippen LogP contribution in [0.25, 0.3) is 0 Å². The number of anilines is 2. The highest BCUT2D eigenvalue weighted by Crippen LogP contribution is 2.18. The van der Waals surface area contributed by atoms with Crippen molar-refractivity contribution in [3.63, 3.8) is 0 Å². The van der Waals surface area contributed by atoms with E-state index in [4.69, 9.17) is 15.6 Å². The Morgan fingerprint density at radius 2 is 2.11 bits per heavy atom. The van der Waals surface area contributed by atoms with Crippen LogP contribution in [-0.2, 0) is 0 Å². The van der Waals surface area contributed by atoms with Gasteiger partial charge in [0.15, 0.2) is 0 Å². The number of nitrogen functional groups attached to an aromatic ring is 1. The fraction of sp³-hybridized carbons (Fsp3) is 0.636. The molecule has 0 bridgehead atoms. The summed E-state index contributed by atoms with van der Waals surface area (Å²) in [5, 5.41) is 18.2. The van der Waals surface area contributed by atoms with Gasteiger partial charge in [0.2, 0.25) is 11.8 Å². The first-order valence-electron chi connectivity index (χ1n) is 5.73. The zero-order chi connectivity index (χ0) is 13.7. The summed E-state index contributed by atoms with van der Waals surface area (Å²) in [6.07, 6.45) is -0.846. The smallest absolute Gasteiger partial charge is 0.225 e. The van der Waals surface area contributed by atoms with Gasteiger partial charge >= 0.3 is 0 Å². The molecule has 0 spiro atoms. The summed E-state index contributed by atoms with van der Waals surface area (Å²) in [4.78, 5) is 9.68. The Morgan fingerprint density at radius 3 is 2.67 bits per heavy atom. The zero-order valence-corrected chi connectivity index (χ0v) is 10.9. The molecule has 0 fully saturated rings. The molecule has 1 aromatic rings. The molecule has 0 saturated carbocycles. The largest absolute Gasteiger partial charge is 0.475 e. The highest BCUT2D eigenvalue weighted by atomic mass is 16.5. The minimum Gasteiger partial charge on any atom is -0.475 e. The molecule has 102 valence electrons. The molecule has 18 heavy (non-hydrogen) atoms. The van der Waals surface area contributed by atoms with Crippen molar-refractivity contribution in [2.24, 2.45) is 0 Å². The number of aliphatic hydroxyl groups excluding tert-OH is 2. The molecular formula is C11H20N4O3. The Labute approximate surface area is 106 Å². The van der Waals surface area contributed by atoms with Crippen molar-refractivity contribution < 1.29 is 14.9 Å². The lowest BCUT2D eigenvalue weighted by Crippen LogP contribution is -2.32. The van der Waals surface area contributed by atoms with Crippen LogP contribution < -0.4 is 15.4 Å². The third-order valence-electron chi connectivity index (χ3n) is 2.15. The summed E-state index contributed by atoms with van der Waals surface area (Å²) >= 11 is 0. The molecule has 7 heteroatoms. The topological polar surface area (TPSA) is 105 Å². The maximum atomic E-state index is 9.38. The minimum atomic E-state index is -0.833. The predicted octanol–water partition coefficient (Wildman–Crippen LogP) is -0.365. The summed E-state index contributed by atoms with van der Waals surface area (Å²) in [7, 11) is 1.74. The second-order valence-electron chi connectivity index (χ2n) is 4.31. The van der Waals surface area contributed by atoms with Gasteiger partial charge in [-0.2, -0.15) is 9.97 Å². The van der Waals surface area contributed by atoms with Gasteiger partial charge in [-0.1, -0.05) is 0 Å². The third-order valence-corrected chi connectivity index (χ3v) is 2.15. The SMILES string of the molecule is CC(C)Oc1cc(N(C)CC(O)CO)nc(N)n1. The normalized spacial score (nSPS) is 12.6. The van der Waals surface area contributed by atoms with Crippen molar-refractivity contribution in [1.29, 1.82) is 0 Å². The highest BCUT2D eigenvalue weighted by Gasteiger charge is 2.12. The first-order chi connectivity index (χ1) is 8.42. The van der Waals surface area contributed by atoms with E-state index in [1.54, 1.807) is 18.0 Å². The summed E-state index contributed by atoms with van der Waals surface area (Å²) in [6, 6.07) is 1.64. The molecule has 0 aliphatic carbocycles. The summed E-state index contributed by atoms with van der Waals surface area (Å²) in [6.45, 7) is 3.71. The maximum Gasteiger partial charge on any atom is 0.225 e. The van der Waals surface area contributed by atoms with E-state index in [-0.39, 0.29) is 25.2 Å². The average molecular weight is 256 g/mol. The van der Waals surface area contributed by atoms with Crippen LogP contribution in [0.1, 0.15) is 13.8 Å². The lowest BCUT2D eigenvalue weighted by Gasteiger charge is -2.21. The summed E-state index contributed by atoms with van der Waals surface area (Å²) in [5.41, 5.74) is 5.60. The van der Waals surface area contributed by atoms with E-state index in [1.165, 1.54) is 0 Å². The second kappa shape index (κ2) is 6.36. The lowest BCUT2D eigenvalue weighted by atomic mass is 10.3. The van der Waals surface area contributed by atoms with Crippen LogP contribution in [0.15, 0.2) is 6.07 Å². The summed E-state index contributed by atoms with van der Waals surface area (Å²) < 4.78 is 5.45. The second-order valence-corrected chi connectivity index (χ2v) is 4.31. The van der Waals surface area contributed by atoms with Gasteiger partial charge in [0, 0.05) is 19.7 Å². The van der Waals surface area contributed by atoms with E-state index in [2.05, 4.69) is 9.97 Å². The monoisotopic (exact) mass is 256 g/mol. The standard InChI is InChI=1S/C11H20N4O3/c1-7(2)18-10-4-9(13-11(12)14-10)15(3)5-8(17)6-16/h4,7-8,16-17H,5-6H2,1-3H3,(H2,12,13,14). The van der Waals surface area contributed by atoms with Gasteiger partial charge in [-0.3, -0.25) is 0 Å². The van der Waals surface area contributed by atoms with Crippen molar-refractivity contribution in [1.82, 2.24) is 9.97 Å².